The molecule has 0 spiro atoms. The van der Waals surface area contributed by atoms with E-state index in [9.17, 15) is 9.59 Å². The summed E-state index contributed by atoms with van der Waals surface area (Å²) in [6, 6.07) is 13.7. The fourth-order valence-electron chi connectivity index (χ4n) is 2.76. The maximum atomic E-state index is 12.2. The Morgan fingerprint density at radius 1 is 1.00 bits per heavy atom. The molecule has 2 amide bonds. The second-order valence-corrected chi connectivity index (χ2v) is 5.74. The molecule has 0 bridgehead atoms. The minimum atomic E-state index is -0.276. The van der Waals surface area contributed by atoms with Crippen molar-refractivity contribution in [2.24, 2.45) is 0 Å². The standard InChI is InChI=1S/C18H21N3O3/c22-17(19-14-16-7-4-12-24-16)13-18(23)21-10-8-20(9-11-21)15-5-2-1-3-6-15/h1-7,12H,8-11,13-14H2,(H,19,22). The van der Waals surface area contributed by atoms with Crippen molar-refractivity contribution in [3.63, 3.8) is 0 Å². The van der Waals surface area contributed by atoms with Crippen LogP contribution >= 0.6 is 0 Å². The van der Waals surface area contributed by atoms with Crippen LogP contribution in [0.2, 0.25) is 0 Å². The number of nitrogens with one attached hydrogen (secondary N) is 1. The van der Waals surface area contributed by atoms with Crippen LogP contribution in [-0.4, -0.2) is 42.9 Å². The van der Waals surface area contributed by atoms with Gasteiger partial charge in [0.2, 0.25) is 11.8 Å². The highest BCUT2D eigenvalue weighted by Crippen LogP contribution is 2.15. The lowest BCUT2D eigenvalue weighted by Crippen LogP contribution is -2.49. The predicted octanol–water partition coefficient (Wildman–Crippen LogP) is 1.63. The summed E-state index contributed by atoms with van der Waals surface area (Å²) in [7, 11) is 0. The van der Waals surface area contributed by atoms with Crippen molar-refractivity contribution in [3.8, 4) is 0 Å². The van der Waals surface area contributed by atoms with Crippen LogP contribution in [0.1, 0.15) is 12.2 Å². The van der Waals surface area contributed by atoms with E-state index in [-0.39, 0.29) is 18.2 Å². The maximum Gasteiger partial charge on any atom is 0.232 e. The molecule has 6 nitrogen and oxygen atoms in total. The van der Waals surface area contributed by atoms with Gasteiger partial charge in [0, 0.05) is 31.9 Å². The molecule has 1 aromatic heterocycles. The highest BCUT2D eigenvalue weighted by Gasteiger charge is 2.22. The van der Waals surface area contributed by atoms with Gasteiger partial charge in [-0.3, -0.25) is 9.59 Å². The Morgan fingerprint density at radius 2 is 1.75 bits per heavy atom. The Labute approximate surface area is 141 Å². The van der Waals surface area contributed by atoms with Crippen molar-refractivity contribution in [3.05, 3.63) is 54.5 Å². The van der Waals surface area contributed by atoms with Gasteiger partial charge in [-0.15, -0.1) is 0 Å². The van der Waals surface area contributed by atoms with E-state index >= 15 is 0 Å². The summed E-state index contributed by atoms with van der Waals surface area (Å²) in [6.07, 6.45) is 1.44. The number of rotatable bonds is 5. The van der Waals surface area contributed by atoms with Gasteiger partial charge in [0.1, 0.15) is 12.2 Å². The Hall–Kier alpha value is -2.76. The summed E-state index contributed by atoms with van der Waals surface area (Å²) in [6.45, 7) is 3.15. The third-order valence-corrected chi connectivity index (χ3v) is 4.11. The zero-order valence-electron chi connectivity index (χ0n) is 13.5. The first-order valence-corrected chi connectivity index (χ1v) is 8.09. The highest BCUT2D eigenvalue weighted by molar-refractivity contribution is 5.96. The fraction of sp³-hybridized carbons (Fsp3) is 0.333. The summed E-state index contributed by atoms with van der Waals surface area (Å²) in [5, 5.41) is 2.70. The lowest BCUT2D eigenvalue weighted by atomic mass is 10.2. The SMILES string of the molecule is O=C(CC(=O)N1CCN(c2ccccc2)CC1)NCc1ccco1. The topological polar surface area (TPSA) is 65.8 Å². The second-order valence-electron chi connectivity index (χ2n) is 5.74. The number of carbonyl (C=O) groups is 2. The molecule has 3 rings (SSSR count). The van der Waals surface area contributed by atoms with E-state index in [4.69, 9.17) is 4.42 Å². The molecule has 1 N–H and O–H groups in total. The van der Waals surface area contributed by atoms with Gasteiger partial charge in [0.25, 0.3) is 0 Å². The normalized spacial score (nSPS) is 14.5. The van der Waals surface area contributed by atoms with Crippen molar-refractivity contribution in [1.82, 2.24) is 10.2 Å². The molecule has 0 unspecified atom stereocenters. The molecule has 2 aromatic rings. The zero-order chi connectivity index (χ0) is 16.8. The van der Waals surface area contributed by atoms with Crippen molar-refractivity contribution < 1.29 is 14.0 Å². The summed E-state index contributed by atoms with van der Waals surface area (Å²) < 4.78 is 5.14. The van der Waals surface area contributed by atoms with Crippen LogP contribution in [0.15, 0.2) is 53.1 Å². The van der Waals surface area contributed by atoms with Gasteiger partial charge in [-0.2, -0.15) is 0 Å². The third kappa shape index (κ3) is 4.16. The molecular formula is C18H21N3O3. The molecule has 1 aliphatic heterocycles. The third-order valence-electron chi connectivity index (χ3n) is 4.11. The van der Waals surface area contributed by atoms with E-state index < -0.39 is 0 Å². The quantitative estimate of drug-likeness (QED) is 0.848. The van der Waals surface area contributed by atoms with Gasteiger partial charge in [-0.05, 0) is 24.3 Å². The molecule has 2 heterocycles. The maximum absolute atomic E-state index is 12.2. The van der Waals surface area contributed by atoms with E-state index in [1.54, 1.807) is 23.3 Å². The average molecular weight is 327 g/mol. The molecule has 1 aliphatic rings. The largest absolute Gasteiger partial charge is 0.467 e. The number of benzene rings is 1. The number of piperazine rings is 1. The van der Waals surface area contributed by atoms with Gasteiger partial charge in [-0.25, -0.2) is 0 Å². The Morgan fingerprint density at radius 3 is 2.42 bits per heavy atom. The molecule has 1 saturated heterocycles. The molecule has 6 heteroatoms. The van der Waals surface area contributed by atoms with Gasteiger partial charge < -0.3 is 19.5 Å². The summed E-state index contributed by atoms with van der Waals surface area (Å²) >= 11 is 0. The van der Waals surface area contributed by atoms with E-state index in [1.165, 1.54) is 5.69 Å². The number of para-hydroxylation sites is 1. The van der Waals surface area contributed by atoms with Gasteiger partial charge in [0.15, 0.2) is 0 Å². The van der Waals surface area contributed by atoms with E-state index in [2.05, 4.69) is 22.3 Å². The van der Waals surface area contributed by atoms with Crippen molar-refractivity contribution in [1.29, 1.82) is 0 Å². The predicted molar refractivity (Wildman–Crippen MR) is 90.4 cm³/mol. The van der Waals surface area contributed by atoms with Crippen LogP contribution in [0, 0.1) is 0 Å². The molecule has 0 saturated carbocycles. The number of carbonyl (C=O) groups excluding carboxylic acids is 2. The van der Waals surface area contributed by atoms with Crippen LogP contribution < -0.4 is 10.2 Å². The number of nitrogens with zero attached hydrogens (tertiary/aromatic N) is 2. The first-order valence-electron chi connectivity index (χ1n) is 8.09. The lowest BCUT2D eigenvalue weighted by Gasteiger charge is -2.36. The van der Waals surface area contributed by atoms with Crippen molar-refractivity contribution >= 4 is 17.5 Å². The highest BCUT2D eigenvalue weighted by atomic mass is 16.3. The number of hydrogen-bond acceptors (Lipinski definition) is 4. The molecule has 0 radical (unpaired) electrons. The number of hydrogen-bond donors (Lipinski definition) is 1. The molecule has 1 fully saturated rings. The number of anilines is 1. The first-order chi connectivity index (χ1) is 11.7. The van der Waals surface area contributed by atoms with E-state index in [1.807, 2.05) is 18.2 Å². The molecule has 24 heavy (non-hydrogen) atoms. The van der Waals surface area contributed by atoms with Crippen LogP contribution in [0.3, 0.4) is 0 Å². The van der Waals surface area contributed by atoms with Crippen LogP contribution in [0.5, 0.6) is 0 Å². The summed E-state index contributed by atoms with van der Waals surface area (Å²) in [5.74, 6) is 0.272. The zero-order valence-corrected chi connectivity index (χ0v) is 13.5. The van der Waals surface area contributed by atoms with E-state index in [0.29, 0.717) is 25.4 Å². The minimum absolute atomic E-state index is 0.119. The smallest absolute Gasteiger partial charge is 0.232 e. The lowest BCUT2D eigenvalue weighted by molar-refractivity contribution is -0.136. The molecule has 1 aromatic carbocycles. The van der Waals surface area contributed by atoms with Crippen LogP contribution in [-0.2, 0) is 16.1 Å². The monoisotopic (exact) mass is 327 g/mol. The average Bonchev–Trinajstić information content (AvgIpc) is 3.14. The number of amides is 2. The van der Waals surface area contributed by atoms with Crippen molar-refractivity contribution in [2.75, 3.05) is 31.1 Å². The molecule has 126 valence electrons. The number of furan rings is 1. The molecular weight excluding hydrogens is 306 g/mol. The van der Waals surface area contributed by atoms with Crippen LogP contribution in [0.4, 0.5) is 5.69 Å². The summed E-state index contributed by atoms with van der Waals surface area (Å²) in [5.41, 5.74) is 1.17. The van der Waals surface area contributed by atoms with Gasteiger partial charge >= 0.3 is 0 Å². The second kappa shape index (κ2) is 7.68. The van der Waals surface area contributed by atoms with Gasteiger partial charge in [0.05, 0.1) is 12.8 Å². The van der Waals surface area contributed by atoms with Gasteiger partial charge in [-0.1, -0.05) is 18.2 Å². The Balaban J connectivity index is 1.42. The summed E-state index contributed by atoms with van der Waals surface area (Å²) in [4.78, 5) is 28.1. The molecule has 0 aliphatic carbocycles. The van der Waals surface area contributed by atoms with Crippen LogP contribution in [0.25, 0.3) is 0 Å². The minimum Gasteiger partial charge on any atom is -0.467 e. The molecule has 0 atom stereocenters. The Kier molecular flexibility index (Phi) is 5.15. The van der Waals surface area contributed by atoms with E-state index in [0.717, 1.165) is 13.1 Å². The first kappa shape index (κ1) is 16.1. The fourth-order valence-corrected chi connectivity index (χ4v) is 2.76. The van der Waals surface area contributed by atoms with Crippen molar-refractivity contribution in [2.45, 2.75) is 13.0 Å². The Bertz CT molecular complexity index is 662.